The van der Waals surface area contributed by atoms with Gasteiger partial charge in [0.25, 0.3) is 0 Å². The molecule has 0 bridgehead atoms. The zero-order valence-electron chi connectivity index (χ0n) is 9.47. The molecule has 0 saturated carbocycles. The van der Waals surface area contributed by atoms with Crippen molar-refractivity contribution in [2.24, 2.45) is 0 Å². The highest BCUT2D eigenvalue weighted by molar-refractivity contribution is 7.97. The first-order chi connectivity index (χ1) is 7.58. The molecule has 1 N–H and O–H groups in total. The van der Waals surface area contributed by atoms with Gasteiger partial charge in [0, 0.05) is 29.4 Å². The van der Waals surface area contributed by atoms with Gasteiger partial charge in [0.1, 0.15) is 0 Å². The molecule has 0 aromatic heterocycles. The molecule has 0 aliphatic rings. The third kappa shape index (κ3) is 5.05. The minimum Gasteiger partial charge on any atom is -0.396 e. The molecule has 0 aromatic carbocycles. The summed E-state index contributed by atoms with van der Waals surface area (Å²) in [7, 11) is 0. The normalized spacial score (nSPS) is 12.0. The van der Waals surface area contributed by atoms with E-state index in [-0.39, 0.29) is 12.9 Å². The van der Waals surface area contributed by atoms with Crippen molar-refractivity contribution in [2.75, 3.05) is 12.4 Å². The van der Waals surface area contributed by atoms with E-state index < -0.39 is 5.91 Å². The summed E-state index contributed by atoms with van der Waals surface area (Å²) in [5.41, 5.74) is 0.605. The predicted octanol–water partition coefficient (Wildman–Crippen LogP) is 1.62. The molecule has 0 saturated heterocycles. The molecule has 0 atom stereocenters. The van der Waals surface area contributed by atoms with Crippen LogP contribution in [0.25, 0.3) is 0 Å². The molecule has 0 fully saturated rings. The monoisotopic (exact) mass is 263 g/mol. The largest absolute Gasteiger partial charge is 0.396 e. The molecule has 0 aromatic rings. The Kier molecular flexibility index (Phi) is 8.42. The van der Waals surface area contributed by atoms with E-state index in [0.29, 0.717) is 17.0 Å². The first kappa shape index (κ1) is 15.5. The van der Waals surface area contributed by atoms with Crippen molar-refractivity contribution in [2.45, 2.75) is 26.7 Å². The van der Waals surface area contributed by atoms with E-state index in [9.17, 15) is 9.59 Å². The summed E-state index contributed by atoms with van der Waals surface area (Å²) in [6.07, 6.45) is 1.57. The molecule has 0 heterocycles. The zero-order valence-corrected chi connectivity index (χ0v) is 11.2. The van der Waals surface area contributed by atoms with Gasteiger partial charge < -0.3 is 5.11 Å². The standard InChI is InChI=1S/C10H17NO3S2/c1-3-6-16-11(10(14)7-13)8(2)9(15)4-5-12/h7,12,15H,3-6H2,1-2H3/b9-8-. The number of hydrogen-bond donors (Lipinski definition) is 2. The number of carbonyl (C=O) groups excluding carboxylic acids is 2. The Morgan fingerprint density at radius 2 is 2.19 bits per heavy atom. The van der Waals surface area contributed by atoms with Crippen LogP contribution in [0.2, 0.25) is 0 Å². The van der Waals surface area contributed by atoms with Gasteiger partial charge in [0.2, 0.25) is 6.29 Å². The van der Waals surface area contributed by atoms with Gasteiger partial charge in [-0.3, -0.25) is 13.9 Å². The number of nitrogens with zero attached hydrogens (tertiary/aromatic N) is 1. The maximum absolute atomic E-state index is 11.4. The minimum atomic E-state index is -0.597. The summed E-state index contributed by atoms with van der Waals surface area (Å²) in [6.45, 7) is 3.67. The molecule has 0 unspecified atom stereocenters. The van der Waals surface area contributed by atoms with Crippen LogP contribution in [0, 0.1) is 0 Å². The van der Waals surface area contributed by atoms with Crippen LogP contribution in [0.1, 0.15) is 26.7 Å². The third-order valence-corrected chi connectivity index (χ3v) is 3.65. The van der Waals surface area contributed by atoms with Crippen molar-refractivity contribution in [1.29, 1.82) is 0 Å². The zero-order chi connectivity index (χ0) is 12.6. The van der Waals surface area contributed by atoms with E-state index in [2.05, 4.69) is 12.6 Å². The van der Waals surface area contributed by atoms with Gasteiger partial charge in [-0.2, -0.15) is 0 Å². The number of aldehydes is 1. The fourth-order valence-electron chi connectivity index (χ4n) is 0.960. The topological polar surface area (TPSA) is 57.6 Å². The molecular weight excluding hydrogens is 246 g/mol. The Bertz CT molecular complexity index is 279. The lowest BCUT2D eigenvalue weighted by atomic mass is 10.3. The second-order valence-corrected chi connectivity index (χ2v) is 4.66. The smallest absolute Gasteiger partial charge is 0.300 e. The number of thiol groups is 1. The predicted molar refractivity (Wildman–Crippen MR) is 69.0 cm³/mol. The maximum atomic E-state index is 11.4. The SMILES string of the molecule is CCCSN(C(=O)C=O)/C(C)=C(\S)CCO. The van der Waals surface area contributed by atoms with Crippen molar-refractivity contribution < 1.29 is 14.7 Å². The maximum Gasteiger partial charge on any atom is 0.300 e. The van der Waals surface area contributed by atoms with Crippen molar-refractivity contribution in [1.82, 2.24) is 4.31 Å². The molecule has 0 rings (SSSR count). The lowest BCUT2D eigenvalue weighted by Crippen LogP contribution is -2.24. The Morgan fingerprint density at radius 1 is 1.56 bits per heavy atom. The fraction of sp³-hybridized carbons (Fsp3) is 0.600. The highest BCUT2D eigenvalue weighted by Gasteiger charge is 2.16. The molecular formula is C10H17NO3S2. The van der Waals surface area contributed by atoms with E-state index in [1.807, 2.05) is 6.92 Å². The number of aliphatic hydroxyl groups excluding tert-OH is 1. The van der Waals surface area contributed by atoms with Gasteiger partial charge in [-0.1, -0.05) is 6.92 Å². The lowest BCUT2D eigenvalue weighted by molar-refractivity contribution is -0.134. The molecule has 0 aliphatic heterocycles. The van der Waals surface area contributed by atoms with Crippen molar-refractivity contribution in [3.63, 3.8) is 0 Å². The average molecular weight is 263 g/mol. The molecule has 0 aliphatic carbocycles. The number of amides is 1. The number of allylic oxidation sites excluding steroid dienone is 1. The fourth-order valence-corrected chi connectivity index (χ4v) is 2.07. The Morgan fingerprint density at radius 3 is 2.62 bits per heavy atom. The molecule has 4 nitrogen and oxygen atoms in total. The highest BCUT2D eigenvalue weighted by atomic mass is 32.2. The summed E-state index contributed by atoms with van der Waals surface area (Å²) >= 11 is 5.48. The van der Waals surface area contributed by atoms with Crippen LogP contribution < -0.4 is 0 Å². The number of hydrogen-bond acceptors (Lipinski definition) is 5. The Labute approximate surface area is 106 Å². The third-order valence-electron chi connectivity index (χ3n) is 1.80. The van der Waals surface area contributed by atoms with Crippen molar-refractivity contribution in [3.8, 4) is 0 Å². The molecule has 6 heteroatoms. The second-order valence-electron chi connectivity index (χ2n) is 3.09. The second kappa shape index (κ2) is 8.66. The van der Waals surface area contributed by atoms with Crippen LogP contribution in [-0.4, -0.2) is 34.0 Å². The summed E-state index contributed by atoms with van der Waals surface area (Å²) < 4.78 is 1.33. The Hall–Kier alpha value is -0.460. The first-order valence-electron chi connectivity index (χ1n) is 5.00. The minimum absolute atomic E-state index is 0.0300. The van der Waals surface area contributed by atoms with Gasteiger partial charge >= 0.3 is 5.91 Å². The quantitative estimate of drug-likeness (QED) is 0.317. The summed E-state index contributed by atoms with van der Waals surface area (Å²) in [6, 6.07) is 0. The van der Waals surface area contributed by atoms with Gasteiger partial charge in [-0.05, 0) is 25.3 Å². The van der Waals surface area contributed by atoms with Gasteiger partial charge in [-0.25, -0.2) is 0 Å². The lowest BCUT2D eigenvalue weighted by Gasteiger charge is -2.20. The Balaban J connectivity index is 4.79. The van der Waals surface area contributed by atoms with Crippen LogP contribution >= 0.6 is 24.6 Å². The first-order valence-corrected chi connectivity index (χ1v) is 6.39. The number of carbonyl (C=O) groups is 2. The van der Waals surface area contributed by atoms with E-state index in [1.165, 1.54) is 16.3 Å². The van der Waals surface area contributed by atoms with Crippen LogP contribution in [-0.2, 0) is 9.59 Å². The van der Waals surface area contributed by atoms with E-state index in [4.69, 9.17) is 5.11 Å². The van der Waals surface area contributed by atoms with E-state index in [1.54, 1.807) is 6.92 Å². The summed E-state index contributed by atoms with van der Waals surface area (Å²) in [5, 5.41) is 8.78. The van der Waals surface area contributed by atoms with Crippen LogP contribution in [0.5, 0.6) is 0 Å². The van der Waals surface area contributed by atoms with Gasteiger partial charge in [-0.15, -0.1) is 12.6 Å². The highest BCUT2D eigenvalue weighted by Crippen LogP contribution is 2.23. The van der Waals surface area contributed by atoms with E-state index >= 15 is 0 Å². The van der Waals surface area contributed by atoms with E-state index in [0.717, 1.165) is 12.2 Å². The molecule has 92 valence electrons. The van der Waals surface area contributed by atoms with Crippen molar-refractivity contribution in [3.05, 3.63) is 10.6 Å². The van der Waals surface area contributed by atoms with Crippen LogP contribution in [0.15, 0.2) is 10.6 Å². The van der Waals surface area contributed by atoms with Crippen molar-refractivity contribution >= 4 is 36.8 Å². The number of aliphatic hydroxyl groups is 1. The van der Waals surface area contributed by atoms with Gasteiger partial charge in [0.15, 0.2) is 0 Å². The van der Waals surface area contributed by atoms with Gasteiger partial charge in [0.05, 0.1) is 0 Å². The molecule has 0 spiro atoms. The molecule has 1 amide bonds. The average Bonchev–Trinajstić information content (AvgIpc) is 2.29. The summed E-state index contributed by atoms with van der Waals surface area (Å²) in [4.78, 5) is 22.5. The molecule has 0 radical (unpaired) electrons. The summed E-state index contributed by atoms with van der Waals surface area (Å²) in [5.74, 6) is 0.150. The van der Waals surface area contributed by atoms with Crippen LogP contribution in [0.4, 0.5) is 0 Å². The number of rotatable bonds is 7. The van der Waals surface area contributed by atoms with Crippen LogP contribution in [0.3, 0.4) is 0 Å². The molecule has 16 heavy (non-hydrogen) atoms.